The highest BCUT2D eigenvalue weighted by molar-refractivity contribution is 9.10. The fourth-order valence-corrected chi connectivity index (χ4v) is 2.93. The summed E-state index contributed by atoms with van der Waals surface area (Å²) >= 11 is 3.27. The first kappa shape index (κ1) is 21.2. The van der Waals surface area contributed by atoms with Gasteiger partial charge in [0.1, 0.15) is 5.75 Å². The zero-order chi connectivity index (χ0) is 20.5. The first-order valence-electron chi connectivity index (χ1n) is 8.26. The van der Waals surface area contributed by atoms with Crippen LogP contribution in [0.2, 0.25) is 0 Å². The van der Waals surface area contributed by atoms with Gasteiger partial charge < -0.3 is 19.9 Å². The first-order valence-corrected chi connectivity index (χ1v) is 9.05. The van der Waals surface area contributed by atoms with Gasteiger partial charge in [-0.25, -0.2) is 5.43 Å². The molecule has 0 saturated heterocycles. The van der Waals surface area contributed by atoms with Crippen LogP contribution in [0.5, 0.6) is 17.2 Å². The second-order valence-corrected chi connectivity index (χ2v) is 6.45. The van der Waals surface area contributed by atoms with Gasteiger partial charge in [-0.1, -0.05) is 12.1 Å². The molecule has 0 spiro atoms. The number of benzene rings is 2. The Hall–Kier alpha value is -3.07. The number of hydrogen-bond donors (Lipinski definition) is 3. The van der Waals surface area contributed by atoms with E-state index in [2.05, 4.69) is 31.8 Å². The van der Waals surface area contributed by atoms with Crippen molar-refractivity contribution in [2.75, 3.05) is 19.5 Å². The molecule has 0 radical (unpaired) electrons. The molecule has 3 N–H and O–H groups in total. The normalized spacial score (nSPS) is 10.5. The number of anilines is 1. The molecular formula is C19H20BrN3O5. The maximum atomic E-state index is 12.0. The van der Waals surface area contributed by atoms with Crippen LogP contribution < -0.4 is 20.2 Å². The van der Waals surface area contributed by atoms with Gasteiger partial charge in [-0.2, -0.15) is 5.10 Å². The third-order valence-electron chi connectivity index (χ3n) is 3.61. The van der Waals surface area contributed by atoms with Crippen LogP contribution in [0.1, 0.15) is 18.4 Å². The molecular weight excluding hydrogens is 430 g/mol. The van der Waals surface area contributed by atoms with E-state index in [1.54, 1.807) is 30.3 Å². The Morgan fingerprint density at radius 3 is 2.54 bits per heavy atom. The van der Waals surface area contributed by atoms with Gasteiger partial charge in [0, 0.05) is 12.8 Å². The lowest BCUT2D eigenvalue weighted by Crippen LogP contribution is -2.20. The van der Waals surface area contributed by atoms with Crippen LogP contribution >= 0.6 is 15.9 Å². The average Bonchev–Trinajstić information content (AvgIpc) is 2.66. The number of amides is 2. The van der Waals surface area contributed by atoms with E-state index in [-0.39, 0.29) is 24.5 Å². The molecule has 28 heavy (non-hydrogen) atoms. The van der Waals surface area contributed by atoms with Gasteiger partial charge in [0.15, 0.2) is 11.5 Å². The summed E-state index contributed by atoms with van der Waals surface area (Å²) in [6.45, 7) is 0. The maximum absolute atomic E-state index is 12.0. The molecule has 2 amide bonds. The zero-order valence-electron chi connectivity index (χ0n) is 15.4. The Kier molecular flexibility index (Phi) is 7.82. The molecule has 0 aromatic heterocycles. The van der Waals surface area contributed by atoms with Crippen molar-refractivity contribution < 1.29 is 24.2 Å². The SMILES string of the molecule is COc1ccccc1NC(=O)CCC(=O)N/N=C/c1cc(O)c(OC)c(Br)c1. The Morgan fingerprint density at radius 2 is 1.86 bits per heavy atom. The molecule has 2 aromatic carbocycles. The van der Waals surface area contributed by atoms with Crippen molar-refractivity contribution in [3.8, 4) is 17.2 Å². The smallest absolute Gasteiger partial charge is 0.240 e. The summed E-state index contributed by atoms with van der Waals surface area (Å²) in [5, 5.41) is 16.3. The minimum Gasteiger partial charge on any atom is -0.504 e. The van der Waals surface area contributed by atoms with Gasteiger partial charge in [-0.05, 0) is 45.8 Å². The van der Waals surface area contributed by atoms with Crippen molar-refractivity contribution in [2.45, 2.75) is 12.8 Å². The molecule has 0 unspecified atom stereocenters. The van der Waals surface area contributed by atoms with E-state index in [4.69, 9.17) is 9.47 Å². The Labute approximate surface area is 170 Å². The quantitative estimate of drug-likeness (QED) is 0.423. The van der Waals surface area contributed by atoms with Gasteiger partial charge in [-0.15, -0.1) is 0 Å². The number of phenols is 1. The number of hydrazone groups is 1. The Bertz CT molecular complexity index is 863. The summed E-state index contributed by atoms with van der Waals surface area (Å²) in [6, 6.07) is 10.1. The van der Waals surface area contributed by atoms with E-state index >= 15 is 0 Å². The largest absolute Gasteiger partial charge is 0.504 e. The minimum absolute atomic E-state index is 0.00568. The van der Waals surface area contributed by atoms with E-state index in [0.29, 0.717) is 27.2 Å². The number of hydrogen-bond acceptors (Lipinski definition) is 6. The molecule has 2 aromatic rings. The van der Waals surface area contributed by atoms with Crippen LogP contribution in [-0.2, 0) is 9.59 Å². The second kappa shape index (κ2) is 10.3. The predicted octanol–water partition coefficient (Wildman–Crippen LogP) is 3.04. The lowest BCUT2D eigenvalue weighted by Gasteiger charge is -2.09. The molecule has 0 heterocycles. The fraction of sp³-hybridized carbons (Fsp3) is 0.211. The summed E-state index contributed by atoms with van der Waals surface area (Å²) in [5.74, 6) is 0.0644. The van der Waals surface area contributed by atoms with Gasteiger partial charge >= 0.3 is 0 Å². The topological polar surface area (TPSA) is 109 Å². The summed E-state index contributed by atoms with van der Waals surface area (Å²) in [7, 11) is 2.95. The standard InChI is InChI=1S/C19H20BrN3O5/c1-27-16-6-4-3-5-14(16)22-17(25)7-8-18(26)23-21-11-12-9-13(20)19(28-2)15(24)10-12/h3-6,9-11,24H,7-8H2,1-2H3,(H,22,25)(H,23,26)/b21-11+. The molecule has 0 aliphatic heterocycles. The van der Waals surface area contributed by atoms with E-state index in [1.165, 1.54) is 26.5 Å². The van der Waals surface area contributed by atoms with Crippen LogP contribution in [0.15, 0.2) is 46.0 Å². The fourth-order valence-electron chi connectivity index (χ4n) is 2.30. The van der Waals surface area contributed by atoms with Crippen LogP contribution in [0.3, 0.4) is 0 Å². The van der Waals surface area contributed by atoms with E-state index in [9.17, 15) is 14.7 Å². The number of carbonyl (C=O) groups excluding carboxylic acids is 2. The molecule has 8 nitrogen and oxygen atoms in total. The summed E-state index contributed by atoms with van der Waals surface area (Å²) in [5.41, 5.74) is 3.43. The molecule has 0 atom stereocenters. The van der Waals surface area contributed by atoms with Crippen molar-refractivity contribution in [3.63, 3.8) is 0 Å². The molecule has 0 bridgehead atoms. The predicted molar refractivity (Wildman–Crippen MR) is 109 cm³/mol. The molecule has 0 saturated carbocycles. The third-order valence-corrected chi connectivity index (χ3v) is 4.20. The molecule has 2 rings (SSSR count). The molecule has 9 heteroatoms. The molecule has 0 aliphatic rings. The highest BCUT2D eigenvalue weighted by Gasteiger charge is 2.10. The lowest BCUT2D eigenvalue weighted by atomic mass is 10.2. The number of carbonyl (C=O) groups is 2. The second-order valence-electron chi connectivity index (χ2n) is 5.60. The van der Waals surface area contributed by atoms with Crippen LogP contribution in [0, 0.1) is 0 Å². The number of ether oxygens (including phenoxy) is 2. The zero-order valence-corrected chi connectivity index (χ0v) is 16.9. The first-order chi connectivity index (χ1) is 13.4. The van der Waals surface area contributed by atoms with E-state index in [0.717, 1.165) is 0 Å². The van der Waals surface area contributed by atoms with Crippen LogP contribution in [-0.4, -0.2) is 37.4 Å². The van der Waals surface area contributed by atoms with Gasteiger partial charge in [0.25, 0.3) is 0 Å². The summed E-state index contributed by atoms with van der Waals surface area (Å²) in [4.78, 5) is 23.8. The number of methoxy groups -OCH3 is 2. The Balaban J connectivity index is 1.82. The lowest BCUT2D eigenvalue weighted by molar-refractivity contribution is -0.124. The van der Waals surface area contributed by atoms with Gasteiger partial charge in [0.05, 0.1) is 30.6 Å². The van der Waals surface area contributed by atoms with Crippen molar-refractivity contribution in [2.24, 2.45) is 5.10 Å². The summed E-state index contributed by atoms with van der Waals surface area (Å²) < 4.78 is 10.7. The summed E-state index contributed by atoms with van der Waals surface area (Å²) in [6.07, 6.45) is 1.33. The third kappa shape index (κ3) is 5.98. The van der Waals surface area contributed by atoms with Crippen LogP contribution in [0.4, 0.5) is 5.69 Å². The van der Waals surface area contributed by atoms with E-state index in [1.807, 2.05) is 0 Å². The van der Waals surface area contributed by atoms with Gasteiger partial charge in [0.2, 0.25) is 11.8 Å². The monoisotopic (exact) mass is 449 g/mol. The number of rotatable bonds is 8. The van der Waals surface area contributed by atoms with E-state index < -0.39 is 5.91 Å². The molecule has 0 aliphatic carbocycles. The number of nitrogens with one attached hydrogen (secondary N) is 2. The number of phenolic OH excluding ortho intramolecular Hbond substituents is 1. The highest BCUT2D eigenvalue weighted by atomic mass is 79.9. The van der Waals surface area contributed by atoms with Crippen LogP contribution in [0.25, 0.3) is 0 Å². The molecule has 148 valence electrons. The molecule has 0 fully saturated rings. The number of aromatic hydroxyl groups is 1. The number of para-hydroxylation sites is 2. The maximum Gasteiger partial charge on any atom is 0.240 e. The minimum atomic E-state index is -0.414. The highest BCUT2D eigenvalue weighted by Crippen LogP contribution is 2.34. The Morgan fingerprint density at radius 1 is 1.14 bits per heavy atom. The number of nitrogens with zero attached hydrogens (tertiary/aromatic N) is 1. The van der Waals surface area contributed by atoms with Crippen molar-refractivity contribution in [1.29, 1.82) is 0 Å². The number of halogens is 1. The van der Waals surface area contributed by atoms with Gasteiger partial charge in [-0.3, -0.25) is 9.59 Å². The van der Waals surface area contributed by atoms with Crippen molar-refractivity contribution >= 4 is 39.6 Å². The van der Waals surface area contributed by atoms with Crippen molar-refractivity contribution in [3.05, 3.63) is 46.4 Å². The average molecular weight is 450 g/mol. The van der Waals surface area contributed by atoms with Crippen molar-refractivity contribution in [1.82, 2.24) is 5.43 Å².